The van der Waals surface area contributed by atoms with E-state index in [1.807, 2.05) is 49.4 Å². The number of benzene rings is 3. The lowest BCUT2D eigenvalue weighted by Gasteiger charge is -2.29. The van der Waals surface area contributed by atoms with E-state index in [0.717, 1.165) is 23.2 Å². The third kappa shape index (κ3) is 7.99. The molecule has 0 aromatic heterocycles. The molecular formula is C33H33F3N4O2. The summed E-state index contributed by atoms with van der Waals surface area (Å²) in [6.45, 7) is 3.30. The molecule has 0 spiro atoms. The smallest absolute Gasteiger partial charge is 0.392 e. The number of nitrogens with one attached hydrogen (secondary N) is 1. The standard InChI is InChI=1S/C33H33F3N4O2/c1-22(13-14-30(42)29(19-31(38)33(34,35)36)39-27-12-5-7-23(17-27)20-37)25-10-6-11-26(18-25)32(24-8-3-2-4-9-24)40-16-15-28(41)21-40/h2-12,17-18,22,28,32,38,41H,13-16,19,21H2,1H3. The largest absolute Gasteiger partial charge is 0.429 e. The highest BCUT2D eigenvalue weighted by atomic mass is 19.4. The van der Waals surface area contributed by atoms with Crippen LogP contribution >= 0.6 is 0 Å². The van der Waals surface area contributed by atoms with E-state index in [-0.39, 0.29) is 41.4 Å². The van der Waals surface area contributed by atoms with E-state index >= 15 is 0 Å². The molecule has 2 N–H and O–H groups in total. The molecule has 3 atom stereocenters. The van der Waals surface area contributed by atoms with Gasteiger partial charge in [0.15, 0.2) is 5.78 Å². The number of carbonyl (C=O) groups excluding carboxylic acids is 1. The first-order valence-corrected chi connectivity index (χ1v) is 13.9. The fourth-order valence-corrected chi connectivity index (χ4v) is 5.22. The molecule has 0 radical (unpaired) electrons. The molecule has 1 aliphatic rings. The molecule has 0 bridgehead atoms. The Morgan fingerprint density at radius 3 is 2.43 bits per heavy atom. The van der Waals surface area contributed by atoms with Crippen LogP contribution in [-0.2, 0) is 4.79 Å². The molecule has 1 saturated heterocycles. The molecule has 42 heavy (non-hydrogen) atoms. The molecule has 218 valence electrons. The maximum Gasteiger partial charge on any atom is 0.429 e. The number of aliphatic hydroxyl groups excluding tert-OH is 1. The van der Waals surface area contributed by atoms with Crippen molar-refractivity contribution in [3.8, 4) is 6.07 Å². The molecule has 0 aliphatic carbocycles. The van der Waals surface area contributed by atoms with E-state index in [2.05, 4.69) is 28.1 Å². The van der Waals surface area contributed by atoms with Gasteiger partial charge in [-0.05, 0) is 53.6 Å². The van der Waals surface area contributed by atoms with Gasteiger partial charge < -0.3 is 10.5 Å². The molecule has 3 aromatic rings. The van der Waals surface area contributed by atoms with Crippen LogP contribution in [0.1, 0.15) is 66.8 Å². The Hall–Kier alpha value is -4.13. The van der Waals surface area contributed by atoms with E-state index in [1.165, 1.54) is 24.3 Å². The zero-order valence-corrected chi connectivity index (χ0v) is 23.3. The second-order valence-corrected chi connectivity index (χ2v) is 10.7. The van der Waals surface area contributed by atoms with Gasteiger partial charge in [0.25, 0.3) is 0 Å². The fourth-order valence-electron chi connectivity index (χ4n) is 5.22. The minimum Gasteiger partial charge on any atom is -0.392 e. The predicted molar refractivity (Wildman–Crippen MR) is 156 cm³/mol. The zero-order valence-electron chi connectivity index (χ0n) is 23.3. The number of hydrogen-bond donors (Lipinski definition) is 2. The summed E-state index contributed by atoms with van der Waals surface area (Å²) in [4.78, 5) is 19.6. The first kappa shape index (κ1) is 30.8. The Kier molecular flexibility index (Phi) is 10.0. The van der Waals surface area contributed by atoms with Crippen molar-refractivity contribution in [3.05, 3.63) is 101 Å². The molecule has 6 nitrogen and oxygen atoms in total. The van der Waals surface area contributed by atoms with E-state index in [0.29, 0.717) is 19.4 Å². The summed E-state index contributed by atoms with van der Waals surface area (Å²) in [6.07, 6.45) is -5.15. The first-order valence-electron chi connectivity index (χ1n) is 13.9. The number of hydrogen-bond acceptors (Lipinski definition) is 6. The molecular weight excluding hydrogens is 541 g/mol. The fraction of sp³-hybridized carbons (Fsp3) is 0.333. The Morgan fingerprint density at radius 1 is 1.07 bits per heavy atom. The SMILES string of the molecule is CC(CCC(=O)C(CC(=N)C(F)(F)F)=Nc1cccc(C#N)c1)c1cccc(C(c2ccccc2)N2CCC(O)C2)c1. The number of carbonyl (C=O) groups is 1. The molecule has 0 amide bonds. The summed E-state index contributed by atoms with van der Waals surface area (Å²) in [7, 11) is 0. The quantitative estimate of drug-likeness (QED) is 0.243. The van der Waals surface area contributed by atoms with Crippen LogP contribution in [0, 0.1) is 16.7 Å². The zero-order chi connectivity index (χ0) is 30.3. The van der Waals surface area contributed by atoms with Crippen LogP contribution in [0.15, 0.2) is 83.9 Å². The average molecular weight is 575 g/mol. The molecule has 9 heteroatoms. The van der Waals surface area contributed by atoms with E-state index < -0.39 is 24.1 Å². The number of likely N-dealkylation sites (tertiary alicyclic amines) is 1. The highest BCUT2D eigenvalue weighted by Crippen LogP contribution is 2.34. The maximum atomic E-state index is 13.2. The summed E-state index contributed by atoms with van der Waals surface area (Å²) in [5.41, 5.74) is 1.70. The van der Waals surface area contributed by atoms with E-state index in [4.69, 9.17) is 10.7 Å². The van der Waals surface area contributed by atoms with Crippen LogP contribution in [0.3, 0.4) is 0 Å². The maximum absolute atomic E-state index is 13.2. The molecule has 1 heterocycles. The lowest BCUT2D eigenvalue weighted by molar-refractivity contribution is -0.113. The van der Waals surface area contributed by atoms with Gasteiger partial charge in [-0.2, -0.15) is 18.4 Å². The highest BCUT2D eigenvalue weighted by Gasteiger charge is 2.36. The average Bonchev–Trinajstić information content (AvgIpc) is 3.41. The number of nitrogens with zero attached hydrogens (tertiary/aromatic N) is 3. The number of ketones is 1. The number of rotatable bonds is 11. The minimum absolute atomic E-state index is 0.0478. The summed E-state index contributed by atoms with van der Waals surface area (Å²) in [6, 6.07) is 26.0. The summed E-state index contributed by atoms with van der Waals surface area (Å²) >= 11 is 0. The third-order valence-electron chi connectivity index (χ3n) is 7.52. The van der Waals surface area contributed by atoms with Gasteiger partial charge in [-0.25, -0.2) is 4.99 Å². The van der Waals surface area contributed by atoms with Crippen molar-refractivity contribution in [1.82, 2.24) is 4.90 Å². The second kappa shape index (κ2) is 13.7. The number of Topliss-reactive ketones (excluding diaryl/α,β-unsaturated/α-hetero) is 1. The summed E-state index contributed by atoms with van der Waals surface area (Å²) < 4.78 is 39.5. The molecule has 3 unspecified atom stereocenters. The van der Waals surface area contributed by atoms with Crippen LogP contribution in [0.5, 0.6) is 0 Å². The van der Waals surface area contributed by atoms with Gasteiger partial charge in [-0.1, -0.05) is 67.6 Å². The van der Waals surface area contributed by atoms with Crippen LogP contribution in [0.25, 0.3) is 0 Å². The van der Waals surface area contributed by atoms with Gasteiger partial charge >= 0.3 is 6.18 Å². The lowest BCUT2D eigenvalue weighted by atomic mass is 9.89. The van der Waals surface area contributed by atoms with Crippen molar-refractivity contribution in [2.24, 2.45) is 4.99 Å². The Bertz CT molecular complexity index is 1480. The highest BCUT2D eigenvalue weighted by molar-refractivity contribution is 6.43. The number of aliphatic imine (C=N–C) groups is 1. The molecule has 4 rings (SSSR count). The van der Waals surface area contributed by atoms with E-state index in [9.17, 15) is 23.1 Å². The topological polar surface area (TPSA) is 101 Å². The van der Waals surface area contributed by atoms with Crippen molar-refractivity contribution >= 4 is 22.9 Å². The van der Waals surface area contributed by atoms with Gasteiger partial charge in [0, 0.05) is 25.9 Å². The van der Waals surface area contributed by atoms with E-state index in [1.54, 1.807) is 0 Å². The predicted octanol–water partition coefficient (Wildman–Crippen LogP) is 6.91. The van der Waals surface area contributed by atoms with Crippen LogP contribution in [-0.4, -0.2) is 52.6 Å². The van der Waals surface area contributed by atoms with Gasteiger partial charge in [-0.15, -0.1) is 0 Å². The van der Waals surface area contributed by atoms with Gasteiger partial charge in [0.2, 0.25) is 0 Å². The summed E-state index contributed by atoms with van der Waals surface area (Å²) in [5.74, 6) is -0.651. The first-order chi connectivity index (χ1) is 20.0. The van der Waals surface area contributed by atoms with Crippen LogP contribution in [0.4, 0.5) is 18.9 Å². The van der Waals surface area contributed by atoms with Crippen molar-refractivity contribution in [3.63, 3.8) is 0 Å². The molecule has 1 aliphatic heterocycles. The van der Waals surface area contributed by atoms with Crippen molar-refractivity contribution < 1.29 is 23.1 Å². The Morgan fingerprint density at radius 2 is 1.76 bits per heavy atom. The monoisotopic (exact) mass is 574 g/mol. The Balaban J connectivity index is 1.53. The lowest BCUT2D eigenvalue weighted by Crippen LogP contribution is -2.28. The number of aliphatic hydroxyl groups is 1. The van der Waals surface area contributed by atoms with Crippen molar-refractivity contribution in [1.29, 1.82) is 10.7 Å². The summed E-state index contributed by atoms with van der Waals surface area (Å²) in [5, 5.41) is 26.8. The van der Waals surface area contributed by atoms with Gasteiger partial charge in [0.1, 0.15) is 5.71 Å². The van der Waals surface area contributed by atoms with Gasteiger partial charge in [-0.3, -0.25) is 9.69 Å². The minimum atomic E-state index is -4.87. The number of nitriles is 1. The normalized spacial score (nSPS) is 17.4. The van der Waals surface area contributed by atoms with Crippen molar-refractivity contribution in [2.45, 2.75) is 56.8 Å². The molecule has 0 saturated carbocycles. The van der Waals surface area contributed by atoms with Crippen molar-refractivity contribution in [2.75, 3.05) is 13.1 Å². The molecule has 1 fully saturated rings. The van der Waals surface area contributed by atoms with Gasteiger partial charge in [0.05, 0.1) is 35.2 Å². The number of alkyl halides is 3. The third-order valence-corrected chi connectivity index (χ3v) is 7.52. The van der Waals surface area contributed by atoms with Crippen LogP contribution in [0.2, 0.25) is 0 Å². The number of halogens is 3. The molecule has 3 aromatic carbocycles. The number of β-amino-alcohol motifs (C(OH)–C–C–N with tert-alkyl or cyclic N) is 1. The second-order valence-electron chi connectivity index (χ2n) is 10.7. The van der Waals surface area contributed by atoms with Crippen LogP contribution < -0.4 is 0 Å². The Labute approximate surface area is 243 Å².